The van der Waals surface area contributed by atoms with E-state index >= 15 is 0 Å². The van der Waals surface area contributed by atoms with Gasteiger partial charge in [-0.25, -0.2) is 9.97 Å². The maximum absolute atomic E-state index is 5.37. The van der Waals surface area contributed by atoms with Crippen LogP contribution in [0.15, 0.2) is 182 Å². The molecule has 0 radical (unpaired) electrons. The van der Waals surface area contributed by atoms with Crippen molar-refractivity contribution in [3.05, 3.63) is 238 Å². The van der Waals surface area contributed by atoms with Gasteiger partial charge >= 0.3 is 21.7 Å². The molecule has 0 amide bonds. The summed E-state index contributed by atoms with van der Waals surface area (Å²) < 4.78 is 0. The fraction of sp³-hybridized carbons (Fsp3) is 0.0645. The normalized spacial score (nSPS) is 11.6. The molecular weight excluding hydrogens is 849 g/mol. The Labute approximate surface area is 408 Å². The van der Waals surface area contributed by atoms with Crippen molar-refractivity contribution in [2.75, 3.05) is 0 Å². The Morgan fingerprint density at radius 2 is 0.537 bits per heavy atom. The first-order valence-corrected chi connectivity index (χ1v) is 22.4. The van der Waals surface area contributed by atoms with Gasteiger partial charge in [0, 0.05) is 0 Å². The zero-order valence-corrected chi connectivity index (χ0v) is 39.6. The maximum atomic E-state index is 5.37. The number of rotatable bonds is 6. The average molecular weight is 897 g/mol. The molecule has 320 valence electrons. The van der Waals surface area contributed by atoms with E-state index in [1.54, 1.807) is 0 Å². The molecule has 11 rings (SSSR count). The molecule has 5 heteroatoms. The Bertz CT molecular complexity index is 3030. The van der Waals surface area contributed by atoms with E-state index in [4.69, 9.17) is 19.9 Å². The van der Waals surface area contributed by atoms with Crippen molar-refractivity contribution >= 4 is 58.5 Å². The summed E-state index contributed by atoms with van der Waals surface area (Å²) >= 11 is 0. The molecule has 0 fully saturated rings. The molecule has 6 aromatic carbocycles. The van der Waals surface area contributed by atoms with Crippen molar-refractivity contribution in [3.63, 3.8) is 0 Å². The second-order valence-corrected chi connectivity index (χ2v) is 17.0. The first kappa shape index (κ1) is 44.6. The summed E-state index contributed by atoms with van der Waals surface area (Å²) in [7, 11) is 0. The van der Waals surface area contributed by atoms with Crippen LogP contribution in [0.3, 0.4) is 0 Å². The van der Waals surface area contributed by atoms with E-state index in [9.17, 15) is 0 Å². The van der Waals surface area contributed by atoms with Crippen molar-refractivity contribution in [1.82, 2.24) is 19.9 Å². The van der Waals surface area contributed by atoms with Crippen LogP contribution >= 0.6 is 0 Å². The number of aryl methyl sites for hydroxylation is 4. The minimum atomic E-state index is 0. The standard InChI is InChI=1S/C48H36N4.C14H12.Ti/c1-29-5-13-33(14-6-29)45-37-21-23-39(49-37)46(34-15-7-30(2)8-16-34)41-25-27-43(51-41)48(36-19-11-32(4)12-20-36)44-28-26-42(52-44)47(40-24-22-38(45)50-40)35-17-9-31(3)10-18-35;1-3-7-13(8-4-1)11-12-14-9-5-2-6-10-14;/h5-28H,1-4H3;1-12H;/q-2;;+2/b;12-11+;. The van der Waals surface area contributed by atoms with Gasteiger partial charge in [0.05, 0.1) is 22.8 Å². The second kappa shape index (κ2) is 19.9. The predicted molar refractivity (Wildman–Crippen MR) is 279 cm³/mol. The molecule has 67 heavy (non-hydrogen) atoms. The third kappa shape index (κ3) is 9.83. The predicted octanol–water partition coefficient (Wildman–Crippen LogP) is 15.7. The summed E-state index contributed by atoms with van der Waals surface area (Å²) in [5.74, 6) is 0. The zero-order valence-electron chi connectivity index (χ0n) is 38.1. The Morgan fingerprint density at radius 1 is 0.299 bits per heavy atom. The quantitative estimate of drug-likeness (QED) is 0.123. The van der Waals surface area contributed by atoms with Gasteiger partial charge < -0.3 is 9.97 Å². The van der Waals surface area contributed by atoms with Gasteiger partial charge in [0.2, 0.25) is 0 Å². The number of nitrogens with zero attached hydrogens (tertiary/aromatic N) is 4. The first-order valence-electron chi connectivity index (χ1n) is 22.4. The Hall–Kier alpha value is -7.63. The summed E-state index contributed by atoms with van der Waals surface area (Å²) in [5.41, 5.74) is 22.4. The molecule has 0 atom stereocenters. The van der Waals surface area contributed by atoms with Crippen LogP contribution in [0.1, 0.15) is 56.2 Å². The monoisotopic (exact) mass is 896 g/mol. The van der Waals surface area contributed by atoms with Gasteiger partial charge in [-0.1, -0.05) is 216 Å². The van der Waals surface area contributed by atoms with Crippen LogP contribution in [0.2, 0.25) is 0 Å². The average Bonchev–Trinajstić information content (AvgIpc) is 4.20. The van der Waals surface area contributed by atoms with Gasteiger partial charge in [-0.2, -0.15) is 0 Å². The van der Waals surface area contributed by atoms with Crippen molar-refractivity contribution in [1.29, 1.82) is 0 Å². The molecule has 0 saturated heterocycles. The van der Waals surface area contributed by atoms with E-state index in [0.717, 1.165) is 89.4 Å². The molecule has 2 aliphatic heterocycles. The topological polar surface area (TPSA) is 54.0 Å². The van der Waals surface area contributed by atoms with E-state index < -0.39 is 0 Å². The van der Waals surface area contributed by atoms with Crippen LogP contribution in [-0.2, 0) is 21.7 Å². The van der Waals surface area contributed by atoms with Crippen molar-refractivity contribution in [3.8, 4) is 44.5 Å². The summed E-state index contributed by atoms with van der Waals surface area (Å²) in [5, 5.41) is 0. The molecule has 9 aromatic rings. The Morgan fingerprint density at radius 3 is 0.776 bits per heavy atom. The van der Waals surface area contributed by atoms with Crippen LogP contribution in [0.5, 0.6) is 0 Å². The van der Waals surface area contributed by atoms with E-state index in [2.05, 4.69) is 210 Å². The number of fused-ring (bicyclic) bond motifs is 8. The number of hydrogen-bond acceptors (Lipinski definition) is 2. The maximum Gasteiger partial charge on any atom is 2.00 e. The van der Waals surface area contributed by atoms with Crippen LogP contribution in [0.25, 0.3) is 103 Å². The van der Waals surface area contributed by atoms with Crippen molar-refractivity contribution in [2.24, 2.45) is 0 Å². The van der Waals surface area contributed by atoms with Crippen LogP contribution in [-0.4, -0.2) is 9.97 Å². The van der Waals surface area contributed by atoms with Gasteiger partial charge in [0.25, 0.3) is 0 Å². The Balaban J connectivity index is 0.000000321. The van der Waals surface area contributed by atoms with Gasteiger partial charge in [-0.15, -0.1) is 22.1 Å². The SMILES string of the molecule is C(=C\c1ccccc1)/c1ccccc1.Cc1ccc(-c2c3nc(c(-c4ccc(C)cc4)c4ccc([n-]4)c(-c4ccc(C)cc4)c4nc(c(-c5ccc(C)cc5)c5ccc2[n-]5)C=C4)C=C3)cc1.[Ti+2]. The minimum absolute atomic E-state index is 0. The van der Waals surface area contributed by atoms with Gasteiger partial charge in [-0.3, -0.25) is 0 Å². The molecule has 0 unspecified atom stereocenters. The van der Waals surface area contributed by atoms with Gasteiger partial charge in [-0.05, 0) is 108 Å². The summed E-state index contributed by atoms with van der Waals surface area (Å²) in [6.45, 7) is 8.45. The van der Waals surface area contributed by atoms with Crippen molar-refractivity contribution in [2.45, 2.75) is 27.7 Å². The molecule has 5 heterocycles. The summed E-state index contributed by atoms with van der Waals surface area (Å²) in [4.78, 5) is 21.5. The van der Waals surface area contributed by atoms with Crippen LogP contribution in [0.4, 0.5) is 0 Å². The number of benzene rings is 6. The molecule has 8 bridgehead atoms. The Kier molecular flexibility index (Phi) is 13.2. The third-order valence-electron chi connectivity index (χ3n) is 12.0. The largest absolute Gasteiger partial charge is 2.00 e. The van der Waals surface area contributed by atoms with Crippen molar-refractivity contribution < 1.29 is 21.7 Å². The first-order chi connectivity index (χ1) is 32.3. The van der Waals surface area contributed by atoms with Gasteiger partial charge in [0.1, 0.15) is 0 Å². The molecule has 0 saturated carbocycles. The van der Waals surface area contributed by atoms with E-state index in [-0.39, 0.29) is 21.7 Å². The van der Waals surface area contributed by atoms with Crippen LogP contribution < -0.4 is 9.97 Å². The third-order valence-corrected chi connectivity index (χ3v) is 12.0. The van der Waals surface area contributed by atoms with E-state index in [1.165, 1.54) is 33.4 Å². The fourth-order valence-electron chi connectivity index (χ4n) is 8.47. The molecule has 0 aliphatic carbocycles. The second-order valence-electron chi connectivity index (χ2n) is 17.0. The number of aromatic nitrogens is 4. The number of hydrogen-bond donors (Lipinski definition) is 0. The summed E-state index contributed by atoms with van der Waals surface area (Å²) in [6.07, 6.45) is 12.7. The minimum Gasteiger partial charge on any atom is -0.657 e. The molecule has 2 aliphatic rings. The smallest absolute Gasteiger partial charge is 0.657 e. The van der Waals surface area contributed by atoms with Gasteiger partial charge in [0.15, 0.2) is 0 Å². The molecule has 0 N–H and O–H groups in total. The zero-order chi connectivity index (χ0) is 45.0. The summed E-state index contributed by atoms with van der Waals surface area (Å²) in [6, 6.07) is 63.6. The molecule has 4 nitrogen and oxygen atoms in total. The van der Waals surface area contributed by atoms with E-state index in [1.807, 2.05) is 36.4 Å². The molecular formula is C62H48N4Ti. The molecule has 3 aromatic heterocycles. The van der Waals surface area contributed by atoms with Crippen LogP contribution in [0, 0.1) is 27.7 Å². The fourth-order valence-corrected chi connectivity index (χ4v) is 8.47. The molecule has 0 spiro atoms. The van der Waals surface area contributed by atoms with E-state index in [0.29, 0.717) is 0 Å².